The molecule has 0 amide bonds. The van der Waals surface area contributed by atoms with E-state index in [0.29, 0.717) is 5.88 Å². The van der Waals surface area contributed by atoms with Crippen molar-refractivity contribution in [2.75, 3.05) is 7.11 Å². The second kappa shape index (κ2) is 7.09. The number of benzene rings is 2. The number of rotatable bonds is 1. The number of fused-ring (bicyclic) bond motifs is 2. The molecule has 4 rings (SSSR count). The number of aromatic nitrogens is 2. The molecule has 2 aromatic carbocycles. The molecular weight excluding hydrogens is 296 g/mol. The molecule has 0 N–H and O–H groups in total. The zero-order valence-electron chi connectivity index (χ0n) is 14.2. The molecule has 0 spiro atoms. The van der Waals surface area contributed by atoms with Crippen LogP contribution in [-0.2, 0) is 0 Å². The van der Waals surface area contributed by atoms with E-state index in [0.717, 1.165) is 16.4 Å². The lowest BCUT2D eigenvalue weighted by Gasteiger charge is -2.03. The van der Waals surface area contributed by atoms with Gasteiger partial charge in [0.2, 0.25) is 5.88 Å². The van der Waals surface area contributed by atoms with E-state index in [2.05, 4.69) is 60.2 Å². The van der Waals surface area contributed by atoms with E-state index in [1.165, 1.54) is 16.5 Å². The van der Waals surface area contributed by atoms with Crippen molar-refractivity contribution < 1.29 is 4.74 Å². The van der Waals surface area contributed by atoms with Crippen LogP contribution < -0.4 is 4.74 Å². The van der Waals surface area contributed by atoms with Crippen LogP contribution in [0.3, 0.4) is 0 Å². The lowest BCUT2D eigenvalue weighted by Crippen LogP contribution is -1.89. The fraction of sp³-hybridized carbons (Fsp3) is 0.143. The monoisotopic (exact) mass is 316 g/mol. The minimum Gasteiger partial charge on any atom is -0.481 e. The fourth-order valence-corrected chi connectivity index (χ4v) is 2.65. The van der Waals surface area contributed by atoms with Crippen LogP contribution in [0, 0.1) is 13.8 Å². The molecule has 120 valence electrons. The van der Waals surface area contributed by atoms with Gasteiger partial charge in [-0.15, -0.1) is 0 Å². The molecule has 0 saturated carbocycles. The Labute approximate surface area is 142 Å². The summed E-state index contributed by atoms with van der Waals surface area (Å²) in [6.07, 6.45) is 1.83. The minimum absolute atomic E-state index is 0.668. The number of nitrogens with zero attached hydrogens (tertiary/aromatic N) is 2. The molecule has 0 atom stereocenters. The first kappa shape index (κ1) is 15.9. The molecule has 0 radical (unpaired) electrons. The highest BCUT2D eigenvalue weighted by Gasteiger charge is 1.99. The number of ether oxygens (including phenoxy) is 1. The Morgan fingerprint density at radius 2 is 1.33 bits per heavy atom. The molecule has 0 aliphatic rings. The molecule has 2 heterocycles. The average Bonchev–Trinajstić information content (AvgIpc) is 2.63. The smallest absolute Gasteiger partial charge is 0.213 e. The third-order valence-electron chi connectivity index (χ3n) is 3.94. The summed E-state index contributed by atoms with van der Waals surface area (Å²) in [6.45, 7) is 4.13. The Morgan fingerprint density at radius 3 is 2.00 bits per heavy atom. The molecule has 24 heavy (non-hydrogen) atoms. The summed E-state index contributed by atoms with van der Waals surface area (Å²) in [7, 11) is 1.63. The van der Waals surface area contributed by atoms with Crippen molar-refractivity contribution in [1.82, 2.24) is 9.97 Å². The molecule has 0 fully saturated rings. The van der Waals surface area contributed by atoms with Crippen molar-refractivity contribution in [3.8, 4) is 5.88 Å². The number of hydrogen-bond acceptors (Lipinski definition) is 3. The van der Waals surface area contributed by atoms with Crippen molar-refractivity contribution in [3.05, 3.63) is 78.0 Å². The third kappa shape index (κ3) is 3.35. The van der Waals surface area contributed by atoms with Crippen LogP contribution in [0.1, 0.15) is 11.1 Å². The van der Waals surface area contributed by atoms with Gasteiger partial charge in [0.15, 0.2) is 0 Å². The number of para-hydroxylation sites is 2. The van der Waals surface area contributed by atoms with Crippen LogP contribution in [0.2, 0.25) is 0 Å². The van der Waals surface area contributed by atoms with E-state index in [1.807, 2.05) is 30.5 Å². The topological polar surface area (TPSA) is 35.0 Å². The molecular formula is C21H20N2O. The Balaban J connectivity index is 0.000000143. The Hall–Kier alpha value is -2.94. The zero-order chi connectivity index (χ0) is 16.9. The molecule has 3 nitrogen and oxygen atoms in total. The molecule has 0 aliphatic heterocycles. The lowest BCUT2D eigenvalue weighted by atomic mass is 10.1. The van der Waals surface area contributed by atoms with E-state index in [9.17, 15) is 0 Å². The van der Waals surface area contributed by atoms with Crippen LogP contribution in [-0.4, -0.2) is 17.1 Å². The molecule has 3 heteroatoms. The molecule has 0 unspecified atom stereocenters. The van der Waals surface area contributed by atoms with Crippen molar-refractivity contribution in [3.63, 3.8) is 0 Å². The van der Waals surface area contributed by atoms with Gasteiger partial charge in [0, 0.05) is 23.0 Å². The quantitative estimate of drug-likeness (QED) is 0.490. The van der Waals surface area contributed by atoms with Crippen LogP contribution in [0.5, 0.6) is 5.88 Å². The van der Waals surface area contributed by atoms with Crippen LogP contribution >= 0.6 is 0 Å². The van der Waals surface area contributed by atoms with Gasteiger partial charge < -0.3 is 4.74 Å². The standard InChI is InChI=1S/C11H11NO.C10H9N/c1-8-4-3-5-9-6-7-10(13-2)12-11(8)9;1-8-4-2-5-9-6-3-7-11-10(8)9/h3-7H,1-2H3;2-7H,1H3. The minimum atomic E-state index is 0.668. The van der Waals surface area contributed by atoms with Crippen molar-refractivity contribution in [2.45, 2.75) is 13.8 Å². The Morgan fingerprint density at radius 1 is 0.708 bits per heavy atom. The predicted molar refractivity (Wildman–Crippen MR) is 99.5 cm³/mol. The van der Waals surface area contributed by atoms with E-state index in [4.69, 9.17) is 4.74 Å². The summed E-state index contributed by atoms with van der Waals surface area (Å²) in [5.74, 6) is 0.668. The Bertz CT molecular complexity index is 974. The molecule has 0 aliphatic carbocycles. The molecule has 0 bridgehead atoms. The van der Waals surface area contributed by atoms with Gasteiger partial charge in [0.05, 0.1) is 18.1 Å². The van der Waals surface area contributed by atoms with Gasteiger partial charge in [0.1, 0.15) is 0 Å². The summed E-state index contributed by atoms with van der Waals surface area (Å²) in [5.41, 5.74) is 4.54. The summed E-state index contributed by atoms with van der Waals surface area (Å²) in [6, 6.07) is 20.3. The highest BCUT2D eigenvalue weighted by molar-refractivity contribution is 5.82. The summed E-state index contributed by atoms with van der Waals surface area (Å²) >= 11 is 0. The lowest BCUT2D eigenvalue weighted by molar-refractivity contribution is 0.399. The number of hydrogen-bond donors (Lipinski definition) is 0. The first-order chi connectivity index (χ1) is 11.7. The average molecular weight is 316 g/mol. The SMILES string of the molecule is COc1ccc2cccc(C)c2n1.Cc1cccc2cccnc12. The first-order valence-corrected chi connectivity index (χ1v) is 7.90. The van der Waals surface area contributed by atoms with Gasteiger partial charge in [-0.1, -0.05) is 42.5 Å². The van der Waals surface area contributed by atoms with Crippen molar-refractivity contribution in [2.24, 2.45) is 0 Å². The highest BCUT2D eigenvalue weighted by Crippen LogP contribution is 2.19. The van der Waals surface area contributed by atoms with Gasteiger partial charge in [0.25, 0.3) is 0 Å². The maximum absolute atomic E-state index is 5.07. The van der Waals surface area contributed by atoms with Gasteiger partial charge in [-0.2, -0.15) is 0 Å². The Kier molecular flexibility index (Phi) is 4.71. The van der Waals surface area contributed by atoms with Gasteiger partial charge in [-0.3, -0.25) is 4.98 Å². The van der Waals surface area contributed by atoms with Crippen LogP contribution in [0.15, 0.2) is 66.9 Å². The van der Waals surface area contributed by atoms with Gasteiger partial charge >= 0.3 is 0 Å². The van der Waals surface area contributed by atoms with E-state index in [-0.39, 0.29) is 0 Å². The molecule has 2 aromatic heterocycles. The highest BCUT2D eigenvalue weighted by atomic mass is 16.5. The second-order valence-corrected chi connectivity index (χ2v) is 5.65. The van der Waals surface area contributed by atoms with Crippen molar-refractivity contribution in [1.29, 1.82) is 0 Å². The first-order valence-electron chi connectivity index (χ1n) is 7.90. The number of pyridine rings is 2. The fourth-order valence-electron chi connectivity index (χ4n) is 2.65. The van der Waals surface area contributed by atoms with E-state index >= 15 is 0 Å². The van der Waals surface area contributed by atoms with Crippen LogP contribution in [0.25, 0.3) is 21.8 Å². The third-order valence-corrected chi connectivity index (χ3v) is 3.94. The second-order valence-electron chi connectivity index (χ2n) is 5.65. The summed E-state index contributed by atoms with van der Waals surface area (Å²) < 4.78 is 5.07. The maximum atomic E-state index is 5.07. The zero-order valence-corrected chi connectivity index (χ0v) is 14.2. The largest absolute Gasteiger partial charge is 0.481 e. The summed E-state index contributed by atoms with van der Waals surface area (Å²) in [5, 5.41) is 2.37. The van der Waals surface area contributed by atoms with E-state index in [1.54, 1.807) is 7.11 Å². The number of methoxy groups -OCH3 is 1. The van der Waals surface area contributed by atoms with Crippen LogP contribution in [0.4, 0.5) is 0 Å². The molecule has 4 aromatic rings. The van der Waals surface area contributed by atoms with Gasteiger partial charge in [-0.25, -0.2) is 4.98 Å². The summed E-state index contributed by atoms with van der Waals surface area (Å²) in [4.78, 5) is 8.65. The molecule has 0 saturated heterocycles. The number of aryl methyl sites for hydroxylation is 2. The van der Waals surface area contributed by atoms with Gasteiger partial charge in [-0.05, 0) is 37.1 Å². The van der Waals surface area contributed by atoms with E-state index < -0.39 is 0 Å². The van der Waals surface area contributed by atoms with Crippen molar-refractivity contribution >= 4 is 21.8 Å². The predicted octanol–water partition coefficient (Wildman–Crippen LogP) is 5.10. The normalized spacial score (nSPS) is 10.3. The maximum Gasteiger partial charge on any atom is 0.213 e.